The number of amides is 1. The van der Waals surface area contributed by atoms with Crippen molar-refractivity contribution in [2.24, 2.45) is 0 Å². The van der Waals surface area contributed by atoms with Gasteiger partial charge in [-0.25, -0.2) is 4.98 Å². The van der Waals surface area contributed by atoms with Gasteiger partial charge in [0.05, 0.1) is 17.7 Å². The van der Waals surface area contributed by atoms with Crippen molar-refractivity contribution < 1.29 is 4.79 Å². The fraction of sp³-hybridized carbons (Fsp3) is 0.200. The van der Waals surface area contributed by atoms with Crippen LogP contribution in [0.5, 0.6) is 0 Å². The minimum absolute atomic E-state index is 0.535. The first kappa shape index (κ1) is 6.22. The third-order valence-electron chi connectivity index (χ3n) is 0.850. The van der Waals surface area contributed by atoms with Gasteiger partial charge in [-0.05, 0) is 0 Å². The summed E-state index contributed by atoms with van der Waals surface area (Å²) in [6, 6.07) is 0. The maximum absolute atomic E-state index is 9.76. The molecular formula is C5H6N2OS. The SMILES string of the molecule is O=CNCc1cscn1. The Morgan fingerprint density at radius 1 is 1.89 bits per heavy atom. The molecular weight excluding hydrogens is 136 g/mol. The number of carbonyl (C=O) groups is 1. The average Bonchev–Trinajstić information content (AvgIpc) is 2.34. The highest BCUT2D eigenvalue weighted by Crippen LogP contribution is 1.98. The molecule has 1 N–H and O–H groups in total. The van der Waals surface area contributed by atoms with E-state index < -0.39 is 0 Å². The molecule has 0 aliphatic heterocycles. The standard InChI is InChI=1S/C5H6N2OS/c8-3-6-1-5-2-9-4-7-5/h2-4H,1H2,(H,6,8). The second-order valence-corrected chi connectivity index (χ2v) is 2.20. The first-order valence-electron chi connectivity index (χ1n) is 2.47. The van der Waals surface area contributed by atoms with E-state index in [0.29, 0.717) is 13.0 Å². The molecule has 0 spiro atoms. The van der Waals surface area contributed by atoms with Gasteiger partial charge in [0.1, 0.15) is 0 Å². The Morgan fingerprint density at radius 3 is 3.33 bits per heavy atom. The molecule has 0 aliphatic carbocycles. The van der Waals surface area contributed by atoms with Crippen molar-refractivity contribution in [3.63, 3.8) is 0 Å². The van der Waals surface area contributed by atoms with Crippen LogP contribution in [0.3, 0.4) is 0 Å². The molecule has 1 rings (SSSR count). The summed E-state index contributed by atoms with van der Waals surface area (Å²) in [5, 5.41) is 4.41. The van der Waals surface area contributed by atoms with E-state index >= 15 is 0 Å². The van der Waals surface area contributed by atoms with Crippen molar-refractivity contribution in [1.29, 1.82) is 0 Å². The van der Waals surface area contributed by atoms with Gasteiger partial charge in [-0.1, -0.05) is 0 Å². The Balaban J connectivity index is 2.38. The largest absolute Gasteiger partial charge is 0.353 e. The van der Waals surface area contributed by atoms with Gasteiger partial charge in [-0.3, -0.25) is 4.79 Å². The molecule has 0 unspecified atom stereocenters. The van der Waals surface area contributed by atoms with Crippen molar-refractivity contribution in [2.45, 2.75) is 6.54 Å². The minimum Gasteiger partial charge on any atom is -0.353 e. The lowest BCUT2D eigenvalue weighted by atomic mass is 10.5. The minimum atomic E-state index is 0.535. The average molecular weight is 142 g/mol. The number of nitrogens with one attached hydrogen (secondary N) is 1. The van der Waals surface area contributed by atoms with Crippen LogP contribution in [-0.2, 0) is 11.3 Å². The number of aromatic nitrogens is 1. The monoisotopic (exact) mass is 142 g/mol. The Bertz CT molecular complexity index is 173. The number of carbonyl (C=O) groups excluding carboxylic acids is 1. The molecule has 0 bridgehead atoms. The predicted octanol–water partition coefficient (Wildman–Crippen LogP) is 0.389. The fourth-order valence-electron chi connectivity index (χ4n) is 0.471. The highest BCUT2D eigenvalue weighted by Gasteiger charge is 1.89. The number of hydrogen-bond acceptors (Lipinski definition) is 3. The van der Waals surface area contributed by atoms with Crippen LogP contribution in [0, 0.1) is 0 Å². The molecule has 9 heavy (non-hydrogen) atoms. The molecule has 0 aliphatic rings. The summed E-state index contributed by atoms with van der Waals surface area (Å²) in [6.07, 6.45) is 0.666. The molecule has 0 atom stereocenters. The Labute approximate surface area is 56.7 Å². The van der Waals surface area contributed by atoms with Gasteiger partial charge in [-0.15, -0.1) is 11.3 Å². The first-order chi connectivity index (χ1) is 4.43. The lowest BCUT2D eigenvalue weighted by molar-refractivity contribution is -0.109. The molecule has 0 radical (unpaired) electrons. The summed E-state index contributed by atoms with van der Waals surface area (Å²) in [4.78, 5) is 13.7. The molecule has 1 aromatic heterocycles. The summed E-state index contributed by atoms with van der Waals surface area (Å²) in [7, 11) is 0. The van der Waals surface area contributed by atoms with Gasteiger partial charge in [0, 0.05) is 5.38 Å². The molecule has 1 heterocycles. The Hall–Kier alpha value is -0.900. The van der Waals surface area contributed by atoms with Crippen molar-refractivity contribution in [1.82, 2.24) is 10.3 Å². The summed E-state index contributed by atoms with van der Waals surface area (Å²) < 4.78 is 0. The fourth-order valence-corrected chi connectivity index (χ4v) is 1.03. The van der Waals surface area contributed by atoms with Gasteiger partial charge >= 0.3 is 0 Å². The van der Waals surface area contributed by atoms with Crippen LogP contribution in [-0.4, -0.2) is 11.4 Å². The van der Waals surface area contributed by atoms with Crippen LogP contribution in [0.2, 0.25) is 0 Å². The maximum atomic E-state index is 9.76. The van der Waals surface area contributed by atoms with Crippen molar-refractivity contribution in [2.75, 3.05) is 0 Å². The molecule has 3 nitrogen and oxygen atoms in total. The van der Waals surface area contributed by atoms with Gasteiger partial charge in [-0.2, -0.15) is 0 Å². The van der Waals surface area contributed by atoms with E-state index in [2.05, 4.69) is 10.3 Å². The lowest BCUT2D eigenvalue weighted by Gasteiger charge is -1.89. The van der Waals surface area contributed by atoms with Crippen LogP contribution < -0.4 is 5.32 Å². The Kier molecular flexibility index (Phi) is 2.21. The summed E-state index contributed by atoms with van der Waals surface area (Å²) in [5.74, 6) is 0. The van der Waals surface area contributed by atoms with E-state index in [1.54, 1.807) is 5.51 Å². The normalized spacial score (nSPS) is 8.89. The molecule has 48 valence electrons. The van der Waals surface area contributed by atoms with Gasteiger partial charge in [0.25, 0.3) is 0 Å². The van der Waals surface area contributed by atoms with E-state index in [9.17, 15) is 4.79 Å². The predicted molar refractivity (Wildman–Crippen MR) is 35.0 cm³/mol. The zero-order chi connectivity index (χ0) is 6.53. The van der Waals surface area contributed by atoms with E-state index in [4.69, 9.17) is 0 Å². The van der Waals surface area contributed by atoms with E-state index in [1.807, 2.05) is 5.38 Å². The second-order valence-electron chi connectivity index (χ2n) is 1.48. The number of rotatable bonds is 3. The summed E-state index contributed by atoms with van der Waals surface area (Å²) in [5.41, 5.74) is 2.65. The highest BCUT2D eigenvalue weighted by molar-refractivity contribution is 7.07. The highest BCUT2D eigenvalue weighted by atomic mass is 32.1. The quantitative estimate of drug-likeness (QED) is 0.620. The maximum Gasteiger partial charge on any atom is 0.207 e. The summed E-state index contributed by atoms with van der Waals surface area (Å²) in [6.45, 7) is 0.535. The molecule has 0 saturated carbocycles. The molecule has 0 saturated heterocycles. The van der Waals surface area contributed by atoms with Crippen LogP contribution in [0.1, 0.15) is 5.69 Å². The van der Waals surface area contributed by atoms with Gasteiger partial charge in [0.15, 0.2) is 0 Å². The van der Waals surface area contributed by atoms with Crippen LogP contribution in [0.4, 0.5) is 0 Å². The van der Waals surface area contributed by atoms with Crippen LogP contribution >= 0.6 is 11.3 Å². The van der Waals surface area contributed by atoms with Gasteiger partial charge < -0.3 is 5.32 Å². The van der Waals surface area contributed by atoms with E-state index in [-0.39, 0.29) is 0 Å². The van der Waals surface area contributed by atoms with Crippen molar-refractivity contribution in [3.8, 4) is 0 Å². The zero-order valence-electron chi connectivity index (χ0n) is 4.70. The van der Waals surface area contributed by atoms with Crippen molar-refractivity contribution in [3.05, 3.63) is 16.6 Å². The summed E-state index contributed by atoms with van der Waals surface area (Å²) >= 11 is 1.52. The molecule has 1 aromatic rings. The molecule has 0 aromatic carbocycles. The zero-order valence-corrected chi connectivity index (χ0v) is 5.52. The van der Waals surface area contributed by atoms with Gasteiger partial charge in [0.2, 0.25) is 6.41 Å². The van der Waals surface area contributed by atoms with Crippen LogP contribution in [0.15, 0.2) is 10.9 Å². The van der Waals surface area contributed by atoms with E-state index in [0.717, 1.165) is 5.69 Å². The second kappa shape index (κ2) is 3.19. The third-order valence-corrected chi connectivity index (χ3v) is 1.49. The topological polar surface area (TPSA) is 42.0 Å². The molecule has 1 amide bonds. The van der Waals surface area contributed by atoms with Crippen molar-refractivity contribution >= 4 is 17.7 Å². The third kappa shape index (κ3) is 1.81. The first-order valence-corrected chi connectivity index (χ1v) is 3.42. The smallest absolute Gasteiger partial charge is 0.207 e. The molecule has 0 fully saturated rings. The van der Waals surface area contributed by atoms with Crippen LogP contribution in [0.25, 0.3) is 0 Å². The number of thiazole rings is 1. The van der Waals surface area contributed by atoms with E-state index in [1.165, 1.54) is 11.3 Å². The molecule has 4 heteroatoms. The Morgan fingerprint density at radius 2 is 2.78 bits per heavy atom. The number of nitrogens with zero attached hydrogens (tertiary/aromatic N) is 1. The lowest BCUT2D eigenvalue weighted by Crippen LogP contribution is -2.09. The number of hydrogen-bond donors (Lipinski definition) is 1.